The van der Waals surface area contributed by atoms with Crippen molar-refractivity contribution >= 4 is 34.2 Å². The van der Waals surface area contributed by atoms with Gasteiger partial charge in [-0.15, -0.1) is 0 Å². The standard InChI is InChI=1S/C39H38N6O3/c1-26-14-16-29(17-15-26)45-36(24-35(44-45)39(2,3)4)43-38(47)42-33-18-19-34(32-13-9-8-12-31(32)33)48-30-20-21-40-28(22-30)23-37(46)41-25-27-10-6-5-7-11-27/h5-22,24H,23,25H2,1-4H3,(H,41,46)(H2,42,43,47). The summed E-state index contributed by atoms with van der Waals surface area (Å²) in [6.45, 7) is 8.75. The van der Waals surface area contributed by atoms with Crippen LogP contribution in [0.15, 0.2) is 115 Å². The van der Waals surface area contributed by atoms with E-state index in [4.69, 9.17) is 9.84 Å². The van der Waals surface area contributed by atoms with Crippen molar-refractivity contribution < 1.29 is 14.3 Å². The second-order valence-corrected chi connectivity index (χ2v) is 12.7. The Labute approximate surface area is 280 Å². The minimum Gasteiger partial charge on any atom is -0.457 e. The highest BCUT2D eigenvalue weighted by Gasteiger charge is 2.22. The van der Waals surface area contributed by atoms with E-state index in [9.17, 15) is 9.59 Å². The smallest absolute Gasteiger partial charge is 0.324 e. The molecule has 3 amide bonds. The van der Waals surface area contributed by atoms with Crippen molar-refractivity contribution in [1.29, 1.82) is 0 Å². The molecule has 0 saturated heterocycles. The van der Waals surface area contributed by atoms with Crippen LogP contribution in [0.1, 0.15) is 43.3 Å². The average molecular weight is 639 g/mol. The van der Waals surface area contributed by atoms with Crippen LogP contribution in [0.2, 0.25) is 0 Å². The highest BCUT2D eigenvalue weighted by atomic mass is 16.5. The second-order valence-electron chi connectivity index (χ2n) is 12.7. The first kappa shape index (κ1) is 32.0. The fourth-order valence-corrected chi connectivity index (χ4v) is 5.23. The van der Waals surface area contributed by atoms with E-state index >= 15 is 0 Å². The number of aromatic nitrogens is 3. The first-order valence-corrected chi connectivity index (χ1v) is 15.8. The van der Waals surface area contributed by atoms with Crippen LogP contribution in [0.25, 0.3) is 16.5 Å². The van der Waals surface area contributed by atoms with Crippen molar-refractivity contribution in [3.63, 3.8) is 0 Å². The van der Waals surface area contributed by atoms with Gasteiger partial charge in [0.1, 0.15) is 17.3 Å². The van der Waals surface area contributed by atoms with Gasteiger partial charge in [-0.1, -0.05) is 93.1 Å². The monoisotopic (exact) mass is 638 g/mol. The molecule has 3 N–H and O–H groups in total. The predicted octanol–water partition coefficient (Wildman–Crippen LogP) is 8.32. The summed E-state index contributed by atoms with van der Waals surface area (Å²) < 4.78 is 8.05. The van der Waals surface area contributed by atoms with Crippen LogP contribution in [0.5, 0.6) is 11.5 Å². The molecule has 0 saturated carbocycles. The summed E-state index contributed by atoms with van der Waals surface area (Å²) in [7, 11) is 0. The molecule has 0 aliphatic rings. The number of benzene rings is 4. The van der Waals surface area contributed by atoms with E-state index in [2.05, 4.69) is 41.7 Å². The topological polar surface area (TPSA) is 110 Å². The van der Waals surface area contributed by atoms with Crippen molar-refractivity contribution in [3.8, 4) is 17.2 Å². The van der Waals surface area contributed by atoms with Gasteiger partial charge >= 0.3 is 6.03 Å². The average Bonchev–Trinajstić information content (AvgIpc) is 3.50. The Balaban J connectivity index is 1.17. The van der Waals surface area contributed by atoms with Gasteiger partial charge in [-0.05, 0) is 42.8 Å². The first-order chi connectivity index (χ1) is 23.1. The molecule has 48 heavy (non-hydrogen) atoms. The summed E-state index contributed by atoms with van der Waals surface area (Å²) in [6, 6.07) is 34.1. The summed E-state index contributed by atoms with van der Waals surface area (Å²) in [5.74, 6) is 1.60. The summed E-state index contributed by atoms with van der Waals surface area (Å²) in [6.07, 6.45) is 1.76. The lowest BCUT2D eigenvalue weighted by Crippen LogP contribution is -2.24. The van der Waals surface area contributed by atoms with Crippen LogP contribution in [0.4, 0.5) is 16.3 Å². The minimum absolute atomic E-state index is 0.126. The molecule has 0 unspecified atom stereocenters. The van der Waals surface area contributed by atoms with Gasteiger partial charge in [0.2, 0.25) is 5.91 Å². The van der Waals surface area contributed by atoms with Gasteiger partial charge in [0.25, 0.3) is 0 Å². The molecular weight excluding hydrogens is 600 g/mol. The van der Waals surface area contributed by atoms with Crippen molar-refractivity contribution in [2.24, 2.45) is 0 Å². The summed E-state index contributed by atoms with van der Waals surface area (Å²) in [5.41, 5.74) is 4.89. The van der Waals surface area contributed by atoms with E-state index in [-0.39, 0.29) is 17.7 Å². The van der Waals surface area contributed by atoms with Crippen molar-refractivity contribution in [1.82, 2.24) is 20.1 Å². The summed E-state index contributed by atoms with van der Waals surface area (Å²) in [5, 5.41) is 15.4. The first-order valence-electron chi connectivity index (χ1n) is 15.8. The number of nitrogens with zero attached hydrogens (tertiary/aromatic N) is 3. The molecule has 9 heteroatoms. The molecule has 0 bridgehead atoms. The zero-order chi connectivity index (χ0) is 33.7. The molecule has 9 nitrogen and oxygen atoms in total. The zero-order valence-corrected chi connectivity index (χ0v) is 27.5. The number of carbonyl (C=O) groups excluding carboxylic acids is 2. The minimum atomic E-state index is -0.396. The van der Waals surface area contributed by atoms with E-state index in [0.717, 1.165) is 33.3 Å². The molecule has 0 fully saturated rings. The number of aryl methyl sites for hydroxylation is 1. The number of nitrogens with one attached hydrogen (secondary N) is 3. The number of hydrogen-bond acceptors (Lipinski definition) is 5. The number of amides is 3. The SMILES string of the molecule is Cc1ccc(-n2nc(C(C)(C)C)cc2NC(=O)Nc2ccc(Oc3ccnc(CC(=O)NCc4ccccc4)c3)c3ccccc23)cc1. The van der Waals surface area contributed by atoms with Crippen LogP contribution in [-0.4, -0.2) is 26.7 Å². The predicted molar refractivity (Wildman–Crippen MR) is 190 cm³/mol. The van der Waals surface area contributed by atoms with Crippen LogP contribution in [0.3, 0.4) is 0 Å². The molecular formula is C39H38N6O3. The Morgan fingerprint density at radius 3 is 2.29 bits per heavy atom. The molecule has 6 aromatic rings. The largest absolute Gasteiger partial charge is 0.457 e. The second kappa shape index (κ2) is 13.8. The highest BCUT2D eigenvalue weighted by Crippen LogP contribution is 2.35. The number of hydrogen-bond donors (Lipinski definition) is 3. The molecule has 242 valence electrons. The zero-order valence-electron chi connectivity index (χ0n) is 27.5. The van der Waals surface area contributed by atoms with Crippen LogP contribution < -0.4 is 20.7 Å². The van der Waals surface area contributed by atoms with Gasteiger partial charge in [0, 0.05) is 41.1 Å². The van der Waals surface area contributed by atoms with Crippen molar-refractivity contribution in [2.75, 3.05) is 10.6 Å². The Hall–Kier alpha value is -5.96. The van der Waals surface area contributed by atoms with Gasteiger partial charge in [-0.2, -0.15) is 5.10 Å². The number of pyridine rings is 1. The van der Waals surface area contributed by atoms with Gasteiger partial charge in [-0.3, -0.25) is 15.1 Å². The molecule has 0 aliphatic heterocycles. The maximum Gasteiger partial charge on any atom is 0.324 e. The number of ether oxygens (including phenoxy) is 1. The molecule has 0 radical (unpaired) electrons. The van der Waals surface area contributed by atoms with Crippen molar-refractivity contribution in [3.05, 3.63) is 138 Å². The van der Waals surface area contributed by atoms with E-state index in [1.54, 1.807) is 23.0 Å². The third-order valence-corrected chi connectivity index (χ3v) is 7.82. The van der Waals surface area contributed by atoms with E-state index in [0.29, 0.717) is 35.2 Å². The Kier molecular flexibility index (Phi) is 9.20. The Bertz CT molecular complexity index is 2060. The van der Waals surface area contributed by atoms with Gasteiger partial charge in [0.15, 0.2) is 0 Å². The van der Waals surface area contributed by atoms with Crippen LogP contribution in [-0.2, 0) is 23.2 Å². The number of urea groups is 1. The molecule has 2 aromatic heterocycles. The third kappa shape index (κ3) is 7.70. The lowest BCUT2D eigenvalue weighted by Gasteiger charge is -2.14. The highest BCUT2D eigenvalue weighted by molar-refractivity contribution is 6.07. The Morgan fingerprint density at radius 1 is 0.812 bits per heavy atom. The molecule has 0 atom stereocenters. The van der Waals surface area contributed by atoms with E-state index in [1.807, 2.05) is 104 Å². The third-order valence-electron chi connectivity index (χ3n) is 7.82. The van der Waals surface area contributed by atoms with Gasteiger partial charge in [-0.25, -0.2) is 9.48 Å². The molecule has 6 rings (SSSR count). The number of fused-ring (bicyclic) bond motifs is 1. The Morgan fingerprint density at radius 2 is 1.54 bits per heavy atom. The number of rotatable bonds is 9. The number of carbonyl (C=O) groups is 2. The van der Waals surface area contributed by atoms with Crippen LogP contribution in [0, 0.1) is 6.92 Å². The summed E-state index contributed by atoms with van der Waals surface area (Å²) in [4.78, 5) is 30.4. The quantitative estimate of drug-likeness (QED) is 0.148. The van der Waals surface area contributed by atoms with E-state index < -0.39 is 6.03 Å². The number of anilines is 2. The normalized spacial score (nSPS) is 11.2. The van der Waals surface area contributed by atoms with Crippen molar-refractivity contribution in [2.45, 2.75) is 46.1 Å². The molecule has 0 aliphatic carbocycles. The molecule has 4 aromatic carbocycles. The lowest BCUT2D eigenvalue weighted by molar-refractivity contribution is -0.120. The summed E-state index contributed by atoms with van der Waals surface area (Å²) >= 11 is 0. The maximum atomic E-state index is 13.4. The van der Waals surface area contributed by atoms with Gasteiger partial charge < -0.3 is 15.4 Å². The fourth-order valence-electron chi connectivity index (χ4n) is 5.23. The van der Waals surface area contributed by atoms with Gasteiger partial charge in [0.05, 0.1) is 29.2 Å². The molecule has 0 spiro atoms. The van der Waals surface area contributed by atoms with E-state index in [1.165, 1.54) is 0 Å². The fraction of sp³-hybridized carbons (Fsp3) is 0.179. The van der Waals surface area contributed by atoms with Crippen LogP contribution >= 0.6 is 0 Å². The molecule has 2 heterocycles. The lowest BCUT2D eigenvalue weighted by atomic mass is 9.92. The maximum absolute atomic E-state index is 13.4.